The number of amides is 2. The molecule has 0 radical (unpaired) electrons. The van der Waals surface area contributed by atoms with E-state index in [1.807, 2.05) is 21.7 Å². The average Bonchev–Trinajstić information content (AvgIpc) is 3.44. The van der Waals surface area contributed by atoms with Crippen LogP contribution < -0.4 is 5.32 Å². The Morgan fingerprint density at radius 3 is 2.37 bits per heavy atom. The topological polar surface area (TPSA) is 112 Å². The van der Waals surface area contributed by atoms with Gasteiger partial charge in [0.15, 0.2) is 20.7 Å². The molecule has 0 atom stereocenters. The van der Waals surface area contributed by atoms with Crippen LogP contribution in [0.5, 0.6) is 0 Å². The minimum Gasteiger partial charge on any atom is -0.336 e. The number of thioether (sulfide) groups is 1. The number of anilines is 1. The third-order valence-corrected chi connectivity index (χ3v) is 10.3. The van der Waals surface area contributed by atoms with Gasteiger partial charge in [0.1, 0.15) is 4.88 Å². The number of benzene rings is 1. The van der Waals surface area contributed by atoms with Gasteiger partial charge in [-0.05, 0) is 37.8 Å². The number of carbonyl (C=O) groups is 2. The maximum absolute atomic E-state index is 13.3. The molecule has 2 aliphatic heterocycles. The standard InChI is InChI=1S/C23H27N5O4S3/c29-21(25-23-24-15-19(34-23)22(30)27-11-13-33-14-12-27)20(26-28-9-1-2-10-28)16-3-5-17(6-4-16)35(31,32)18-7-8-18/h3-6,15,18H,1-2,7-14H2,(H,24,25,29)/b26-20+. The molecule has 3 heterocycles. The molecule has 35 heavy (non-hydrogen) atoms. The van der Waals surface area contributed by atoms with Gasteiger partial charge in [-0.1, -0.05) is 23.5 Å². The first-order valence-corrected chi connectivity index (χ1v) is 15.3. The van der Waals surface area contributed by atoms with Gasteiger partial charge in [-0.3, -0.25) is 19.9 Å². The largest absolute Gasteiger partial charge is 0.336 e. The van der Waals surface area contributed by atoms with Crippen molar-refractivity contribution in [1.82, 2.24) is 14.9 Å². The van der Waals surface area contributed by atoms with Crippen LogP contribution >= 0.6 is 23.1 Å². The second-order valence-electron chi connectivity index (χ2n) is 8.77. The Labute approximate surface area is 212 Å². The van der Waals surface area contributed by atoms with Gasteiger partial charge in [0.25, 0.3) is 11.8 Å². The van der Waals surface area contributed by atoms with Crippen molar-refractivity contribution in [1.29, 1.82) is 0 Å². The van der Waals surface area contributed by atoms with Gasteiger partial charge in [-0.2, -0.15) is 16.9 Å². The smallest absolute Gasteiger partial charge is 0.278 e. The number of thiazole rings is 1. The van der Waals surface area contributed by atoms with E-state index in [1.54, 1.807) is 24.3 Å². The van der Waals surface area contributed by atoms with Crippen LogP contribution in [0.15, 0.2) is 40.5 Å². The molecular formula is C23H27N5O4S3. The molecular weight excluding hydrogens is 506 g/mol. The number of aromatic nitrogens is 1. The fourth-order valence-corrected chi connectivity index (χ4v) is 7.40. The number of nitrogens with zero attached hydrogens (tertiary/aromatic N) is 4. The van der Waals surface area contributed by atoms with E-state index in [0.717, 1.165) is 48.8 Å². The van der Waals surface area contributed by atoms with Crippen LogP contribution in [-0.2, 0) is 14.6 Å². The van der Waals surface area contributed by atoms with E-state index in [9.17, 15) is 18.0 Å². The zero-order valence-electron chi connectivity index (χ0n) is 19.2. The maximum atomic E-state index is 13.3. The maximum Gasteiger partial charge on any atom is 0.278 e. The fraction of sp³-hybridized carbons (Fsp3) is 0.478. The number of rotatable bonds is 7. The molecule has 1 aliphatic carbocycles. The lowest BCUT2D eigenvalue weighted by atomic mass is 10.1. The zero-order valence-corrected chi connectivity index (χ0v) is 21.6. The van der Waals surface area contributed by atoms with Crippen LogP contribution in [0.3, 0.4) is 0 Å². The average molecular weight is 534 g/mol. The summed E-state index contributed by atoms with van der Waals surface area (Å²) in [6, 6.07) is 6.36. The van der Waals surface area contributed by atoms with Crippen LogP contribution in [0.4, 0.5) is 5.13 Å². The summed E-state index contributed by atoms with van der Waals surface area (Å²) in [7, 11) is -3.31. The summed E-state index contributed by atoms with van der Waals surface area (Å²) < 4.78 is 25.1. The first-order valence-electron chi connectivity index (χ1n) is 11.7. The lowest BCUT2D eigenvalue weighted by molar-refractivity contribution is -0.110. The predicted molar refractivity (Wildman–Crippen MR) is 138 cm³/mol. The van der Waals surface area contributed by atoms with E-state index in [0.29, 0.717) is 41.5 Å². The van der Waals surface area contributed by atoms with Crippen molar-refractivity contribution in [3.63, 3.8) is 0 Å². The van der Waals surface area contributed by atoms with Crippen LogP contribution in [0, 0.1) is 0 Å². The molecule has 1 aromatic heterocycles. The van der Waals surface area contributed by atoms with Crippen LogP contribution in [-0.4, -0.2) is 83.8 Å². The summed E-state index contributed by atoms with van der Waals surface area (Å²) in [5.74, 6) is 1.33. The fourth-order valence-electron chi connectivity index (χ4n) is 4.06. The molecule has 0 bridgehead atoms. The van der Waals surface area contributed by atoms with E-state index in [-0.39, 0.29) is 21.8 Å². The number of hydrogen-bond donors (Lipinski definition) is 1. The molecule has 1 saturated carbocycles. The van der Waals surface area contributed by atoms with Crippen molar-refractivity contribution >= 4 is 55.6 Å². The van der Waals surface area contributed by atoms with E-state index in [2.05, 4.69) is 15.4 Å². The molecule has 186 valence electrons. The number of hydrogen-bond acceptors (Lipinski definition) is 9. The van der Waals surface area contributed by atoms with Crippen LogP contribution in [0.2, 0.25) is 0 Å². The van der Waals surface area contributed by atoms with E-state index in [1.165, 1.54) is 6.20 Å². The van der Waals surface area contributed by atoms with Crippen molar-refractivity contribution in [2.45, 2.75) is 35.8 Å². The van der Waals surface area contributed by atoms with Gasteiger partial charge >= 0.3 is 0 Å². The Hall–Kier alpha value is -2.44. The Bertz CT molecular complexity index is 1230. The second-order valence-corrected chi connectivity index (χ2v) is 13.2. The van der Waals surface area contributed by atoms with Gasteiger partial charge in [0.2, 0.25) is 0 Å². The Kier molecular flexibility index (Phi) is 7.12. The minimum absolute atomic E-state index is 0.0679. The molecule has 0 unspecified atom stereocenters. The first-order chi connectivity index (χ1) is 16.9. The van der Waals surface area contributed by atoms with Crippen molar-refractivity contribution in [3.8, 4) is 0 Å². The highest BCUT2D eigenvalue weighted by molar-refractivity contribution is 7.99. The lowest BCUT2D eigenvalue weighted by Crippen LogP contribution is -2.37. The molecule has 0 spiro atoms. The second kappa shape index (κ2) is 10.3. The monoisotopic (exact) mass is 533 g/mol. The summed E-state index contributed by atoms with van der Waals surface area (Å²) in [6.07, 6.45) is 4.90. The first kappa shape index (κ1) is 24.3. The molecule has 9 nitrogen and oxygen atoms in total. The van der Waals surface area contributed by atoms with Gasteiger partial charge < -0.3 is 4.90 Å². The number of nitrogens with one attached hydrogen (secondary N) is 1. The normalized spacial score (nSPS) is 19.1. The van der Waals surface area contributed by atoms with E-state index >= 15 is 0 Å². The highest BCUT2D eigenvalue weighted by Gasteiger charge is 2.37. The highest BCUT2D eigenvalue weighted by Crippen LogP contribution is 2.33. The molecule has 1 aromatic carbocycles. The van der Waals surface area contributed by atoms with E-state index in [4.69, 9.17) is 0 Å². The molecule has 1 N–H and O–H groups in total. The van der Waals surface area contributed by atoms with Crippen LogP contribution in [0.1, 0.15) is 40.9 Å². The highest BCUT2D eigenvalue weighted by atomic mass is 32.2. The molecule has 12 heteroatoms. The zero-order chi connectivity index (χ0) is 24.4. The summed E-state index contributed by atoms with van der Waals surface area (Å²) in [4.78, 5) is 32.8. The summed E-state index contributed by atoms with van der Waals surface area (Å²) in [5, 5.41) is 9.26. The summed E-state index contributed by atoms with van der Waals surface area (Å²) in [5.41, 5.74) is 0.723. The Balaban J connectivity index is 1.34. The van der Waals surface area contributed by atoms with Crippen molar-refractivity contribution in [2.24, 2.45) is 5.10 Å². The lowest BCUT2D eigenvalue weighted by Gasteiger charge is -2.25. The van der Waals surface area contributed by atoms with Gasteiger partial charge in [-0.15, -0.1) is 0 Å². The minimum atomic E-state index is -3.31. The molecule has 5 rings (SSSR count). The molecule has 3 aliphatic rings. The third kappa shape index (κ3) is 5.54. The van der Waals surface area contributed by atoms with Gasteiger partial charge in [0, 0.05) is 43.2 Å². The van der Waals surface area contributed by atoms with Gasteiger partial charge in [-0.25, -0.2) is 13.4 Å². The number of sulfone groups is 1. The molecule has 3 fully saturated rings. The van der Waals surface area contributed by atoms with E-state index < -0.39 is 15.7 Å². The molecule has 2 amide bonds. The summed E-state index contributed by atoms with van der Waals surface area (Å²) >= 11 is 2.98. The quantitative estimate of drug-likeness (QED) is 0.545. The predicted octanol–water partition coefficient (Wildman–Crippen LogP) is 2.71. The Morgan fingerprint density at radius 1 is 1.03 bits per heavy atom. The van der Waals surface area contributed by atoms with Crippen molar-refractivity contribution in [2.75, 3.05) is 43.0 Å². The number of carbonyl (C=O) groups excluding carboxylic acids is 2. The summed E-state index contributed by atoms with van der Waals surface area (Å²) in [6.45, 7) is 2.94. The van der Waals surface area contributed by atoms with Crippen LogP contribution in [0.25, 0.3) is 0 Å². The van der Waals surface area contributed by atoms with Crippen molar-refractivity contribution in [3.05, 3.63) is 40.9 Å². The van der Waals surface area contributed by atoms with Gasteiger partial charge in [0.05, 0.1) is 16.3 Å². The Morgan fingerprint density at radius 2 is 1.71 bits per heavy atom. The SMILES string of the molecule is O=C(Nc1ncc(C(=O)N2CCSCC2)s1)/C(=N/N1CCCC1)c1ccc(S(=O)(=O)C2CC2)cc1. The third-order valence-electron chi connectivity index (χ3n) is 6.19. The molecule has 2 aromatic rings. The molecule has 2 saturated heterocycles. The van der Waals surface area contributed by atoms with Crippen molar-refractivity contribution < 1.29 is 18.0 Å². The number of hydrazone groups is 1.